The predicted octanol–water partition coefficient (Wildman–Crippen LogP) is 3.32. The molecule has 3 heterocycles. The van der Waals surface area contributed by atoms with Crippen molar-refractivity contribution in [2.24, 2.45) is 0 Å². The maximum absolute atomic E-state index is 12.7. The van der Waals surface area contributed by atoms with E-state index in [1.807, 2.05) is 23.4 Å². The van der Waals surface area contributed by atoms with Crippen LogP contribution in [0.25, 0.3) is 11.2 Å². The Morgan fingerprint density at radius 1 is 1.14 bits per heavy atom. The first kappa shape index (κ1) is 18.1. The molecule has 1 aliphatic heterocycles. The molecule has 1 fully saturated rings. The summed E-state index contributed by atoms with van der Waals surface area (Å²) in [6, 6.07) is 9.32. The summed E-state index contributed by atoms with van der Waals surface area (Å²) in [4.78, 5) is 23.4. The average molecular weight is 381 g/mol. The van der Waals surface area contributed by atoms with Gasteiger partial charge in [0.1, 0.15) is 17.0 Å². The number of nitrogens with one attached hydrogen (secondary N) is 1. The molecule has 3 aromatic rings. The number of hydrogen-bond acceptors (Lipinski definition) is 5. The van der Waals surface area contributed by atoms with Gasteiger partial charge in [-0.1, -0.05) is 0 Å². The van der Waals surface area contributed by atoms with Gasteiger partial charge in [-0.15, -0.1) is 0 Å². The quantitative estimate of drug-likeness (QED) is 0.750. The largest absolute Gasteiger partial charge is 0.497 e. The number of aromatic nitrogens is 3. The second kappa shape index (κ2) is 7.75. The number of methoxy groups -OCH3 is 2. The summed E-state index contributed by atoms with van der Waals surface area (Å²) < 4.78 is 12.7. The Hall–Kier alpha value is -3.29. The molecule has 1 N–H and O–H groups in total. The lowest BCUT2D eigenvalue weighted by molar-refractivity contribution is 0.184. The van der Waals surface area contributed by atoms with Crippen molar-refractivity contribution in [3.8, 4) is 11.5 Å². The van der Waals surface area contributed by atoms with Crippen LogP contribution in [0.5, 0.6) is 11.5 Å². The Labute approximate surface area is 163 Å². The Balaban J connectivity index is 1.42. The fourth-order valence-electron chi connectivity index (χ4n) is 3.59. The lowest BCUT2D eigenvalue weighted by atomic mass is 10.1. The van der Waals surface area contributed by atoms with E-state index in [9.17, 15) is 4.79 Å². The van der Waals surface area contributed by atoms with Gasteiger partial charge in [0.05, 0.1) is 26.2 Å². The van der Waals surface area contributed by atoms with E-state index in [1.54, 1.807) is 38.6 Å². The number of urea groups is 1. The zero-order chi connectivity index (χ0) is 19.5. The molecule has 4 rings (SSSR count). The predicted molar refractivity (Wildman–Crippen MR) is 106 cm³/mol. The number of carbonyl (C=O) groups excluding carboxylic acids is 1. The number of carbonyl (C=O) groups is 1. The van der Waals surface area contributed by atoms with Crippen molar-refractivity contribution in [3.63, 3.8) is 0 Å². The standard InChI is InChI=1S/C20H23N5O3/c1-27-15-5-6-18(28-2)17(12-15)23-20(26)24-10-7-14(8-11-24)25-13-22-16-4-3-9-21-19(16)25/h3-6,9,12-14H,7-8,10-11H2,1-2H3,(H,23,26). The van der Waals surface area contributed by atoms with Crippen LogP contribution in [0.15, 0.2) is 42.9 Å². The normalized spacial score (nSPS) is 14.9. The third-order valence-electron chi connectivity index (χ3n) is 5.13. The SMILES string of the molecule is COc1ccc(OC)c(NC(=O)N2CCC(n3cnc4cccnc43)CC2)c1. The molecule has 146 valence electrons. The van der Waals surface area contributed by atoms with E-state index in [-0.39, 0.29) is 12.1 Å². The van der Waals surface area contributed by atoms with Crippen LogP contribution in [0.2, 0.25) is 0 Å². The van der Waals surface area contributed by atoms with Gasteiger partial charge < -0.3 is 24.3 Å². The summed E-state index contributed by atoms with van der Waals surface area (Å²) in [5.41, 5.74) is 2.39. The van der Waals surface area contributed by atoms with Gasteiger partial charge in [-0.05, 0) is 37.1 Å². The minimum atomic E-state index is -0.140. The molecule has 0 unspecified atom stereocenters. The number of imidazole rings is 1. The highest BCUT2D eigenvalue weighted by molar-refractivity contribution is 5.91. The van der Waals surface area contributed by atoms with Gasteiger partial charge in [0.25, 0.3) is 0 Å². The van der Waals surface area contributed by atoms with Crippen LogP contribution in [0.3, 0.4) is 0 Å². The Morgan fingerprint density at radius 3 is 2.71 bits per heavy atom. The second-order valence-electron chi connectivity index (χ2n) is 6.71. The summed E-state index contributed by atoms with van der Waals surface area (Å²) in [5.74, 6) is 1.26. The monoisotopic (exact) mass is 381 g/mol. The average Bonchev–Trinajstić information content (AvgIpc) is 3.18. The molecule has 0 radical (unpaired) electrons. The van der Waals surface area contributed by atoms with Gasteiger partial charge >= 0.3 is 6.03 Å². The van der Waals surface area contributed by atoms with Gasteiger partial charge in [0, 0.05) is 31.4 Å². The highest BCUT2D eigenvalue weighted by Gasteiger charge is 2.25. The van der Waals surface area contributed by atoms with Crippen LogP contribution in [0, 0.1) is 0 Å². The molecule has 28 heavy (non-hydrogen) atoms. The third-order valence-corrected chi connectivity index (χ3v) is 5.13. The number of pyridine rings is 1. The van der Waals surface area contributed by atoms with Gasteiger partial charge in [-0.2, -0.15) is 0 Å². The number of amides is 2. The van der Waals surface area contributed by atoms with Crippen molar-refractivity contribution in [2.75, 3.05) is 32.6 Å². The number of rotatable bonds is 4. The lowest BCUT2D eigenvalue weighted by Gasteiger charge is -2.32. The van der Waals surface area contributed by atoms with Crippen LogP contribution >= 0.6 is 0 Å². The lowest BCUT2D eigenvalue weighted by Crippen LogP contribution is -2.41. The Morgan fingerprint density at radius 2 is 1.96 bits per heavy atom. The highest BCUT2D eigenvalue weighted by atomic mass is 16.5. The number of ether oxygens (including phenoxy) is 2. The van der Waals surface area contributed by atoms with E-state index in [0.29, 0.717) is 30.3 Å². The number of fused-ring (bicyclic) bond motifs is 1. The van der Waals surface area contributed by atoms with E-state index < -0.39 is 0 Å². The second-order valence-corrected chi connectivity index (χ2v) is 6.71. The summed E-state index contributed by atoms with van der Waals surface area (Å²) in [7, 11) is 3.17. The molecular formula is C20H23N5O3. The highest BCUT2D eigenvalue weighted by Crippen LogP contribution is 2.30. The molecule has 0 saturated carbocycles. The molecule has 2 aromatic heterocycles. The van der Waals surface area contributed by atoms with Crippen LogP contribution in [-0.4, -0.2) is 52.8 Å². The van der Waals surface area contributed by atoms with Gasteiger partial charge in [-0.3, -0.25) is 0 Å². The molecule has 0 spiro atoms. The van der Waals surface area contributed by atoms with E-state index in [0.717, 1.165) is 24.0 Å². The minimum Gasteiger partial charge on any atom is -0.497 e. The van der Waals surface area contributed by atoms with Crippen molar-refractivity contribution in [2.45, 2.75) is 18.9 Å². The van der Waals surface area contributed by atoms with E-state index in [1.165, 1.54) is 0 Å². The number of hydrogen-bond donors (Lipinski definition) is 1. The molecular weight excluding hydrogens is 358 g/mol. The zero-order valence-corrected chi connectivity index (χ0v) is 16.0. The van der Waals surface area contributed by atoms with Gasteiger partial charge in [0.2, 0.25) is 0 Å². The zero-order valence-electron chi connectivity index (χ0n) is 16.0. The summed E-state index contributed by atoms with van der Waals surface area (Å²) >= 11 is 0. The van der Waals surface area contributed by atoms with Crippen molar-refractivity contribution in [1.82, 2.24) is 19.4 Å². The van der Waals surface area contributed by atoms with Crippen molar-refractivity contribution in [1.29, 1.82) is 0 Å². The summed E-state index contributed by atoms with van der Waals surface area (Å²) in [6.45, 7) is 1.32. The van der Waals surface area contributed by atoms with E-state index in [4.69, 9.17) is 9.47 Å². The Bertz CT molecular complexity index is 979. The number of piperidine rings is 1. The molecule has 2 amide bonds. The van der Waals surface area contributed by atoms with Crippen molar-refractivity contribution >= 4 is 22.9 Å². The number of anilines is 1. The van der Waals surface area contributed by atoms with Crippen molar-refractivity contribution in [3.05, 3.63) is 42.9 Å². The van der Waals surface area contributed by atoms with Crippen molar-refractivity contribution < 1.29 is 14.3 Å². The molecule has 8 nitrogen and oxygen atoms in total. The molecule has 1 aromatic carbocycles. The fraction of sp³-hybridized carbons (Fsp3) is 0.350. The molecule has 1 aliphatic rings. The minimum absolute atomic E-state index is 0.140. The first-order valence-corrected chi connectivity index (χ1v) is 9.25. The van der Waals surface area contributed by atoms with Gasteiger partial charge in [0.15, 0.2) is 5.65 Å². The topological polar surface area (TPSA) is 81.5 Å². The third kappa shape index (κ3) is 3.45. The van der Waals surface area contributed by atoms with Crippen LogP contribution in [0.4, 0.5) is 10.5 Å². The van der Waals surface area contributed by atoms with E-state index >= 15 is 0 Å². The number of likely N-dealkylation sites (tertiary alicyclic amines) is 1. The molecule has 8 heteroatoms. The van der Waals surface area contributed by atoms with Gasteiger partial charge in [-0.25, -0.2) is 14.8 Å². The first-order valence-electron chi connectivity index (χ1n) is 9.25. The fourth-order valence-corrected chi connectivity index (χ4v) is 3.59. The number of nitrogens with zero attached hydrogens (tertiary/aromatic N) is 4. The molecule has 0 aliphatic carbocycles. The number of benzene rings is 1. The molecule has 0 bridgehead atoms. The Kier molecular flexibility index (Phi) is 5.01. The maximum atomic E-state index is 12.7. The van der Waals surface area contributed by atoms with Crippen LogP contribution < -0.4 is 14.8 Å². The van der Waals surface area contributed by atoms with Crippen LogP contribution in [-0.2, 0) is 0 Å². The van der Waals surface area contributed by atoms with E-state index in [2.05, 4.69) is 19.9 Å². The first-order chi connectivity index (χ1) is 13.7. The smallest absolute Gasteiger partial charge is 0.321 e. The molecule has 1 saturated heterocycles. The summed E-state index contributed by atoms with van der Waals surface area (Å²) in [6.07, 6.45) is 5.33. The van der Waals surface area contributed by atoms with Crippen LogP contribution in [0.1, 0.15) is 18.9 Å². The maximum Gasteiger partial charge on any atom is 0.321 e. The molecule has 0 atom stereocenters. The summed E-state index contributed by atoms with van der Waals surface area (Å²) in [5, 5.41) is 2.94.